The van der Waals surface area contributed by atoms with Crippen molar-refractivity contribution in [1.82, 2.24) is 24.0 Å². The summed E-state index contributed by atoms with van der Waals surface area (Å²) in [5, 5.41) is 0. The van der Waals surface area contributed by atoms with Crippen molar-refractivity contribution in [2.45, 2.75) is 39.1 Å². The van der Waals surface area contributed by atoms with Crippen LogP contribution in [0.4, 0.5) is 0 Å². The molecule has 28 heavy (non-hydrogen) atoms. The second-order valence-electron chi connectivity index (χ2n) is 7.54. The van der Waals surface area contributed by atoms with Gasteiger partial charge in [-0.1, -0.05) is 30.3 Å². The third-order valence-electron chi connectivity index (χ3n) is 5.13. The maximum atomic E-state index is 12.6. The number of aromatic nitrogens is 4. The van der Waals surface area contributed by atoms with Gasteiger partial charge >= 0.3 is 5.69 Å². The van der Waals surface area contributed by atoms with Gasteiger partial charge in [-0.05, 0) is 19.4 Å². The highest BCUT2D eigenvalue weighted by atomic mass is 16.5. The van der Waals surface area contributed by atoms with E-state index < -0.39 is 11.2 Å². The van der Waals surface area contributed by atoms with Crippen molar-refractivity contribution >= 4 is 11.2 Å². The number of nitrogens with zero attached hydrogens (tertiary/aromatic N) is 4. The first-order chi connectivity index (χ1) is 13.4. The molecule has 2 atom stereocenters. The Morgan fingerprint density at radius 2 is 1.79 bits per heavy atom. The Morgan fingerprint density at radius 3 is 2.46 bits per heavy atom. The van der Waals surface area contributed by atoms with Gasteiger partial charge in [0.15, 0.2) is 11.2 Å². The van der Waals surface area contributed by atoms with Crippen LogP contribution in [-0.4, -0.2) is 49.3 Å². The highest BCUT2D eigenvalue weighted by Crippen LogP contribution is 2.18. The Bertz CT molecular complexity index is 1090. The molecule has 1 N–H and O–H groups in total. The molecule has 0 unspecified atom stereocenters. The van der Waals surface area contributed by atoms with Crippen LogP contribution in [0.25, 0.3) is 11.2 Å². The van der Waals surface area contributed by atoms with Gasteiger partial charge in [-0.25, -0.2) is 9.78 Å². The van der Waals surface area contributed by atoms with Crippen molar-refractivity contribution in [2.24, 2.45) is 7.05 Å². The normalized spacial score (nSPS) is 20.7. The zero-order valence-electron chi connectivity index (χ0n) is 16.4. The molecule has 8 nitrogen and oxygen atoms in total. The molecule has 0 spiro atoms. The summed E-state index contributed by atoms with van der Waals surface area (Å²) in [6.07, 6.45) is 0.284. The smallest absolute Gasteiger partial charge is 0.329 e. The number of aryl methyl sites for hydroxylation is 1. The standard InChI is InChI=1S/C20H25N5O3/c1-13-9-24(10-14(2)28-13)12-16-21-18-17(19(26)22-20(27)23(18)3)25(16)11-15-7-5-4-6-8-15/h4-8,13-14H,9-12H2,1-3H3,(H,22,26,27)/t13-,14-/m0/s1. The number of hydrogen-bond acceptors (Lipinski definition) is 5. The molecule has 1 fully saturated rings. The van der Waals surface area contributed by atoms with E-state index in [0.717, 1.165) is 24.5 Å². The number of imidazole rings is 1. The number of nitrogens with one attached hydrogen (secondary N) is 1. The van der Waals surface area contributed by atoms with Crippen LogP contribution in [0.2, 0.25) is 0 Å². The number of fused-ring (bicyclic) bond motifs is 1. The number of ether oxygens (including phenoxy) is 1. The van der Waals surface area contributed by atoms with Crippen LogP contribution in [0.15, 0.2) is 39.9 Å². The minimum Gasteiger partial charge on any atom is -0.373 e. The van der Waals surface area contributed by atoms with Crippen molar-refractivity contribution in [3.05, 3.63) is 62.6 Å². The van der Waals surface area contributed by atoms with E-state index in [2.05, 4.69) is 23.7 Å². The molecular formula is C20H25N5O3. The van der Waals surface area contributed by atoms with Gasteiger partial charge in [-0.15, -0.1) is 0 Å². The van der Waals surface area contributed by atoms with Crippen LogP contribution in [0, 0.1) is 0 Å². The van der Waals surface area contributed by atoms with E-state index in [1.54, 1.807) is 7.05 Å². The zero-order chi connectivity index (χ0) is 19.8. The monoisotopic (exact) mass is 383 g/mol. The number of benzene rings is 1. The average molecular weight is 383 g/mol. The Morgan fingerprint density at radius 1 is 1.11 bits per heavy atom. The van der Waals surface area contributed by atoms with E-state index in [4.69, 9.17) is 9.72 Å². The Hall–Kier alpha value is -2.71. The lowest BCUT2D eigenvalue weighted by atomic mass is 10.2. The molecule has 148 valence electrons. The van der Waals surface area contributed by atoms with Crippen molar-refractivity contribution < 1.29 is 4.74 Å². The van der Waals surface area contributed by atoms with Gasteiger partial charge < -0.3 is 9.30 Å². The molecular weight excluding hydrogens is 358 g/mol. The molecule has 1 aliphatic heterocycles. The molecule has 3 aromatic rings. The van der Waals surface area contributed by atoms with E-state index in [-0.39, 0.29) is 12.2 Å². The Balaban J connectivity index is 1.81. The zero-order valence-corrected chi connectivity index (χ0v) is 16.4. The van der Waals surface area contributed by atoms with Crippen molar-refractivity contribution in [3.8, 4) is 0 Å². The van der Waals surface area contributed by atoms with E-state index >= 15 is 0 Å². The largest absolute Gasteiger partial charge is 0.373 e. The Labute approximate surface area is 162 Å². The van der Waals surface area contributed by atoms with Crippen LogP contribution < -0.4 is 11.2 Å². The number of morpholine rings is 1. The quantitative estimate of drug-likeness (QED) is 0.729. The molecule has 0 radical (unpaired) electrons. The predicted octanol–water partition coefficient (Wildman–Crippen LogP) is 1.08. The molecule has 8 heteroatoms. The molecule has 1 aromatic carbocycles. The first kappa shape index (κ1) is 18.6. The number of H-pyrrole nitrogens is 1. The summed E-state index contributed by atoms with van der Waals surface area (Å²) < 4.78 is 9.14. The second kappa shape index (κ2) is 7.37. The van der Waals surface area contributed by atoms with Gasteiger partial charge in [-0.3, -0.25) is 19.2 Å². The lowest BCUT2D eigenvalue weighted by Gasteiger charge is -2.35. The van der Waals surface area contributed by atoms with Crippen LogP contribution in [0.3, 0.4) is 0 Å². The SMILES string of the molecule is C[C@H]1CN(Cc2nc3c(c(=O)[nH]c(=O)n3C)n2Cc2ccccc2)C[C@H](C)O1. The van der Waals surface area contributed by atoms with Crippen molar-refractivity contribution in [1.29, 1.82) is 0 Å². The van der Waals surface area contributed by atoms with E-state index in [9.17, 15) is 9.59 Å². The third-order valence-corrected chi connectivity index (χ3v) is 5.13. The summed E-state index contributed by atoms with van der Waals surface area (Å²) in [6, 6.07) is 9.94. The fourth-order valence-corrected chi connectivity index (χ4v) is 3.95. The fourth-order valence-electron chi connectivity index (χ4n) is 3.95. The maximum absolute atomic E-state index is 12.6. The van der Waals surface area contributed by atoms with E-state index in [1.165, 1.54) is 4.57 Å². The molecule has 0 aliphatic carbocycles. The molecule has 4 rings (SSSR count). The maximum Gasteiger partial charge on any atom is 0.329 e. The summed E-state index contributed by atoms with van der Waals surface area (Å²) in [5.74, 6) is 0.770. The van der Waals surface area contributed by atoms with Gasteiger partial charge in [-0.2, -0.15) is 0 Å². The summed E-state index contributed by atoms with van der Waals surface area (Å²) in [7, 11) is 1.63. The van der Waals surface area contributed by atoms with E-state index in [1.807, 2.05) is 34.9 Å². The predicted molar refractivity (Wildman–Crippen MR) is 106 cm³/mol. The lowest BCUT2D eigenvalue weighted by molar-refractivity contribution is -0.0712. The minimum absolute atomic E-state index is 0.142. The highest BCUT2D eigenvalue weighted by Gasteiger charge is 2.25. The first-order valence-electron chi connectivity index (χ1n) is 9.52. The van der Waals surface area contributed by atoms with Gasteiger partial charge in [0.1, 0.15) is 5.82 Å². The van der Waals surface area contributed by atoms with Crippen molar-refractivity contribution in [3.63, 3.8) is 0 Å². The van der Waals surface area contributed by atoms with Gasteiger partial charge in [0, 0.05) is 26.7 Å². The summed E-state index contributed by atoms with van der Waals surface area (Å²) in [4.78, 5) is 34.0. The van der Waals surface area contributed by atoms with Gasteiger partial charge in [0.25, 0.3) is 5.56 Å². The summed E-state index contributed by atoms with van der Waals surface area (Å²) >= 11 is 0. The molecule has 0 amide bonds. The number of rotatable bonds is 4. The average Bonchev–Trinajstić information content (AvgIpc) is 2.98. The highest BCUT2D eigenvalue weighted by molar-refractivity contribution is 5.71. The molecule has 1 saturated heterocycles. The molecule has 2 aromatic heterocycles. The van der Waals surface area contributed by atoms with Crippen LogP contribution in [0.5, 0.6) is 0 Å². The molecule has 0 bridgehead atoms. The van der Waals surface area contributed by atoms with Crippen LogP contribution in [0.1, 0.15) is 25.2 Å². The van der Waals surface area contributed by atoms with Crippen LogP contribution >= 0.6 is 0 Å². The number of aromatic amines is 1. The van der Waals surface area contributed by atoms with Crippen molar-refractivity contribution in [2.75, 3.05) is 13.1 Å². The fraction of sp³-hybridized carbons (Fsp3) is 0.450. The van der Waals surface area contributed by atoms with E-state index in [0.29, 0.717) is 24.3 Å². The van der Waals surface area contributed by atoms with Crippen LogP contribution in [-0.2, 0) is 24.9 Å². The third kappa shape index (κ3) is 3.53. The molecule has 3 heterocycles. The minimum atomic E-state index is -0.456. The summed E-state index contributed by atoms with van der Waals surface area (Å²) in [5.41, 5.74) is 1.04. The molecule has 0 saturated carbocycles. The topological polar surface area (TPSA) is 85.2 Å². The Kier molecular flexibility index (Phi) is 4.91. The molecule has 1 aliphatic rings. The van der Waals surface area contributed by atoms with Gasteiger partial charge in [0.2, 0.25) is 0 Å². The first-order valence-corrected chi connectivity index (χ1v) is 9.52. The number of hydrogen-bond donors (Lipinski definition) is 1. The van der Waals surface area contributed by atoms with Gasteiger partial charge in [0.05, 0.1) is 18.8 Å². The summed E-state index contributed by atoms with van der Waals surface area (Å²) in [6.45, 7) is 6.83. The lowest BCUT2D eigenvalue weighted by Crippen LogP contribution is -2.45. The second-order valence-corrected chi connectivity index (χ2v) is 7.54.